The zero-order chi connectivity index (χ0) is 17.6. The molecule has 9 heteroatoms. The van der Waals surface area contributed by atoms with E-state index in [1.807, 2.05) is 0 Å². The van der Waals surface area contributed by atoms with Crippen LogP contribution in [0.1, 0.15) is 0 Å². The van der Waals surface area contributed by atoms with Crippen LogP contribution < -0.4 is 0 Å². The molecule has 0 heterocycles. The molecule has 0 saturated carbocycles. The minimum absolute atomic E-state index is 0.383. The fraction of sp³-hybridized carbons (Fsp3) is 1.00. The van der Waals surface area contributed by atoms with Gasteiger partial charge in [0.25, 0.3) is 0 Å². The van der Waals surface area contributed by atoms with E-state index in [0.29, 0.717) is 31.7 Å². The molecule has 0 saturated heterocycles. The minimum atomic E-state index is -3.21. The molecular formula is C12H32Cl4NbP4. The van der Waals surface area contributed by atoms with Crippen LogP contribution in [0.3, 0.4) is 0 Å². The topological polar surface area (TPSA) is 0 Å². The van der Waals surface area contributed by atoms with E-state index in [1.54, 1.807) is 0 Å². The van der Waals surface area contributed by atoms with Crippen molar-refractivity contribution in [3.05, 3.63) is 0 Å². The van der Waals surface area contributed by atoms with Crippen LogP contribution in [-0.2, 0) is 12.8 Å². The summed E-state index contributed by atoms with van der Waals surface area (Å²) in [6, 6.07) is 0. The summed E-state index contributed by atoms with van der Waals surface area (Å²) in [6.45, 7) is 18.8. The summed E-state index contributed by atoms with van der Waals surface area (Å²) in [6.07, 6.45) is 5.92. The van der Waals surface area contributed by atoms with Crippen LogP contribution in [0.25, 0.3) is 0 Å². The zero-order valence-corrected chi connectivity index (χ0v) is 23.4. The Morgan fingerprint density at radius 1 is 0.476 bits per heavy atom. The van der Waals surface area contributed by atoms with E-state index in [1.165, 1.54) is 24.6 Å². The van der Waals surface area contributed by atoms with E-state index in [2.05, 4.69) is 53.3 Å². The molecule has 0 aromatic rings. The Hall–Kier alpha value is 3.62. The van der Waals surface area contributed by atoms with Crippen LogP contribution in [0.15, 0.2) is 0 Å². The van der Waals surface area contributed by atoms with Crippen LogP contribution in [-0.4, -0.2) is 78.0 Å². The van der Waals surface area contributed by atoms with E-state index in [0.717, 1.165) is 0 Å². The Morgan fingerprint density at radius 3 is 0.619 bits per heavy atom. The molecule has 0 rings (SSSR count). The van der Waals surface area contributed by atoms with Crippen molar-refractivity contribution in [3.8, 4) is 0 Å². The van der Waals surface area contributed by atoms with Crippen LogP contribution in [0.4, 0.5) is 0 Å². The molecule has 0 nitrogen and oxygen atoms in total. The number of halogens is 4. The Bertz CT molecular complexity index is 174. The zero-order valence-electron chi connectivity index (χ0n) is 14.6. The maximum atomic E-state index is 5.03. The normalized spacial score (nSPS) is 11.4. The van der Waals surface area contributed by atoms with Crippen molar-refractivity contribution in [2.45, 2.75) is 0 Å². The van der Waals surface area contributed by atoms with Gasteiger partial charge in [0.05, 0.1) is 0 Å². The monoisotopic (exact) mass is 533 g/mol. The van der Waals surface area contributed by atoms with Gasteiger partial charge in [-0.1, -0.05) is 0 Å². The summed E-state index contributed by atoms with van der Waals surface area (Å²) in [7, 11) is 21.6. The molecule has 0 radical (unpaired) electrons. The van der Waals surface area contributed by atoms with Gasteiger partial charge in [0.2, 0.25) is 0 Å². The Morgan fingerprint density at radius 2 is 0.571 bits per heavy atom. The fourth-order valence-electron chi connectivity index (χ4n) is 0.800. The molecule has 21 heavy (non-hydrogen) atoms. The van der Waals surface area contributed by atoms with Gasteiger partial charge in [0, 0.05) is 0 Å². The SMILES string of the molecule is CP(C)CCP(C)C.CP(C)CCP(C)C.[Cl][Nb]([Cl])([Cl])[Cl]. The molecule has 0 aliphatic carbocycles. The van der Waals surface area contributed by atoms with Gasteiger partial charge >= 0.3 is 49.6 Å². The third-order valence-electron chi connectivity index (χ3n) is 1.99. The molecule has 0 aromatic heterocycles. The quantitative estimate of drug-likeness (QED) is 0.242. The summed E-state index contributed by atoms with van der Waals surface area (Å²) in [5.74, 6) is 0. The van der Waals surface area contributed by atoms with Gasteiger partial charge in [0.1, 0.15) is 0 Å². The van der Waals surface area contributed by atoms with Gasteiger partial charge in [0.15, 0.2) is 0 Å². The first-order valence-electron chi connectivity index (χ1n) is 6.52. The maximum absolute atomic E-state index is 5.03. The Labute approximate surface area is 158 Å². The van der Waals surface area contributed by atoms with E-state index < -0.39 is 12.8 Å². The van der Waals surface area contributed by atoms with Crippen molar-refractivity contribution in [2.75, 3.05) is 78.0 Å². The first kappa shape index (κ1) is 29.4. The molecule has 0 unspecified atom stereocenters. The van der Waals surface area contributed by atoms with E-state index in [9.17, 15) is 0 Å². The van der Waals surface area contributed by atoms with Crippen LogP contribution in [0.5, 0.6) is 0 Å². The number of hydrogen-bond donors (Lipinski definition) is 0. The summed E-state index contributed by atoms with van der Waals surface area (Å²) in [5, 5.41) is 0. The molecule has 0 amide bonds. The predicted molar refractivity (Wildman–Crippen MR) is 118 cm³/mol. The molecule has 0 aliphatic heterocycles. The van der Waals surface area contributed by atoms with Gasteiger partial charge in [-0.15, -0.1) is 31.7 Å². The van der Waals surface area contributed by atoms with Crippen molar-refractivity contribution in [2.24, 2.45) is 0 Å². The molecule has 0 atom stereocenters. The molecule has 0 bridgehead atoms. The van der Waals surface area contributed by atoms with Crippen molar-refractivity contribution >= 4 is 68.4 Å². The first-order valence-corrected chi connectivity index (χ1v) is 27.5. The molecule has 0 aliphatic rings. The van der Waals surface area contributed by atoms with Crippen LogP contribution >= 0.6 is 68.4 Å². The predicted octanol–water partition coefficient (Wildman–Crippen LogP) is 7.69. The van der Waals surface area contributed by atoms with E-state index >= 15 is 0 Å². The third kappa shape index (κ3) is 59.5. The van der Waals surface area contributed by atoms with E-state index in [4.69, 9.17) is 36.8 Å². The summed E-state index contributed by atoms with van der Waals surface area (Å²) in [5.41, 5.74) is 0. The average molecular weight is 535 g/mol. The number of rotatable bonds is 6. The second kappa shape index (κ2) is 18.4. The van der Waals surface area contributed by atoms with Crippen molar-refractivity contribution < 1.29 is 12.8 Å². The first-order chi connectivity index (χ1) is 9.25. The fourth-order valence-corrected chi connectivity index (χ4v) is 7.20. The van der Waals surface area contributed by atoms with Crippen molar-refractivity contribution in [1.82, 2.24) is 0 Å². The average Bonchev–Trinajstić information content (AvgIpc) is 2.22. The van der Waals surface area contributed by atoms with Crippen LogP contribution in [0.2, 0.25) is 0 Å². The molecule has 0 N–H and O–H groups in total. The van der Waals surface area contributed by atoms with Gasteiger partial charge in [-0.25, -0.2) is 0 Å². The van der Waals surface area contributed by atoms with Crippen LogP contribution in [0, 0.1) is 0 Å². The molecular weight excluding hydrogens is 503 g/mol. The van der Waals surface area contributed by atoms with Gasteiger partial charge in [-0.05, 0) is 78.0 Å². The molecule has 0 fully saturated rings. The second-order valence-corrected chi connectivity index (χ2v) is 36.0. The standard InChI is InChI=1S/2C6H16P2.4ClH.Nb/c2*1-7(2)5-6-8(3)4;;;;;/h2*5-6H2,1-4H3;4*1H;/q;;;;;;+4/p-4. The molecule has 0 aromatic carbocycles. The van der Waals surface area contributed by atoms with Gasteiger partial charge < -0.3 is 0 Å². The summed E-state index contributed by atoms with van der Waals surface area (Å²) < 4.78 is 0. The van der Waals surface area contributed by atoms with E-state index in [-0.39, 0.29) is 0 Å². The summed E-state index contributed by atoms with van der Waals surface area (Å²) in [4.78, 5) is 0. The number of hydrogen-bond acceptors (Lipinski definition) is 0. The van der Waals surface area contributed by atoms with Crippen molar-refractivity contribution in [1.29, 1.82) is 0 Å². The third-order valence-corrected chi connectivity index (χ3v) is 7.17. The molecule has 0 spiro atoms. The van der Waals surface area contributed by atoms with Gasteiger partial charge in [-0.2, -0.15) is 0 Å². The van der Waals surface area contributed by atoms with Crippen molar-refractivity contribution in [3.63, 3.8) is 0 Å². The Kier molecular flexibility index (Phi) is 25.8. The summed E-state index contributed by atoms with van der Waals surface area (Å²) >= 11 is -3.21. The molecule has 133 valence electrons. The Balaban J connectivity index is -0.000000239. The van der Waals surface area contributed by atoms with Gasteiger partial charge in [-0.3, -0.25) is 0 Å². The second-order valence-electron chi connectivity index (χ2n) is 5.60.